The van der Waals surface area contributed by atoms with Crippen molar-refractivity contribution >= 4 is 0 Å². The van der Waals surface area contributed by atoms with Crippen molar-refractivity contribution in [3.05, 3.63) is 12.7 Å². The van der Waals surface area contributed by atoms with E-state index < -0.39 is 0 Å². The van der Waals surface area contributed by atoms with E-state index in [1.807, 2.05) is 6.08 Å². The van der Waals surface area contributed by atoms with Crippen molar-refractivity contribution in [2.75, 3.05) is 26.4 Å². The van der Waals surface area contributed by atoms with Gasteiger partial charge in [-0.1, -0.05) is 19.9 Å². The second-order valence-corrected chi connectivity index (χ2v) is 5.24. The Kier molecular flexibility index (Phi) is 6.90. The van der Waals surface area contributed by atoms with Crippen LogP contribution in [0.25, 0.3) is 0 Å². The third-order valence-electron chi connectivity index (χ3n) is 4.21. The van der Waals surface area contributed by atoms with Crippen molar-refractivity contribution in [3.63, 3.8) is 0 Å². The summed E-state index contributed by atoms with van der Waals surface area (Å²) in [6, 6.07) is 0.571. The highest BCUT2D eigenvalue weighted by atomic mass is 16.5. The molecule has 0 aromatic rings. The Bertz CT molecular complexity index is 245. The number of nitrogens with one attached hydrogen (secondary N) is 1. The fourth-order valence-electron chi connectivity index (χ4n) is 2.64. The molecule has 0 bridgehead atoms. The van der Waals surface area contributed by atoms with Crippen molar-refractivity contribution in [3.8, 4) is 0 Å². The topological polar surface area (TPSA) is 30.5 Å². The molecule has 3 atom stereocenters. The molecule has 0 aromatic heterocycles. The molecule has 0 radical (unpaired) electrons. The summed E-state index contributed by atoms with van der Waals surface area (Å²) in [5.41, 5.74) is 0.289. The number of hydrogen-bond acceptors (Lipinski definition) is 3. The Morgan fingerprint density at radius 2 is 2.17 bits per heavy atom. The molecule has 1 fully saturated rings. The molecule has 0 spiro atoms. The van der Waals surface area contributed by atoms with Gasteiger partial charge in [-0.25, -0.2) is 0 Å². The number of ether oxygens (including phenoxy) is 2. The SMILES string of the molecule is C=CCCOCCNC1CC(OCC)C1(C)CC. The zero-order valence-corrected chi connectivity index (χ0v) is 12.2. The highest BCUT2D eigenvalue weighted by Crippen LogP contribution is 2.45. The maximum atomic E-state index is 5.79. The lowest BCUT2D eigenvalue weighted by molar-refractivity contribution is -0.126. The van der Waals surface area contributed by atoms with Gasteiger partial charge < -0.3 is 14.8 Å². The van der Waals surface area contributed by atoms with Crippen molar-refractivity contribution in [1.29, 1.82) is 0 Å². The van der Waals surface area contributed by atoms with Crippen molar-refractivity contribution < 1.29 is 9.47 Å². The van der Waals surface area contributed by atoms with Gasteiger partial charge in [0.05, 0.1) is 19.3 Å². The molecule has 1 rings (SSSR count). The quantitative estimate of drug-likeness (QED) is 0.481. The van der Waals surface area contributed by atoms with Crippen molar-refractivity contribution in [2.45, 2.75) is 52.2 Å². The molecular weight excluding hydrogens is 226 g/mol. The first kappa shape index (κ1) is 15.7. The third kappa shape index (κ3) is 3.81. The minimum absolute atomic E-state index is 0.289. The fourth-order valence-corrected chi connectivity index (χ4v) is 2.64. The fraction of sp³-hybridized carbons (Fsp3) is 0.867. The number of hydrogen-bond donors (Lipinski definition) is 1. The third-order valence-corrected chi connectivity index (χ3v) is 4.21. The predicted octanol–water partition coefficient (Wildman–Crippen LogP) is 2.76. The van der Waals surface area contributed by atoms with Gasteiger partial charge in [0.15, 0.2) is 0 Å². The van der Waals surface area contributed by atoms with Crippen LogP contribution in [-0.2, 0) is 9.47 Å². The standard InChI is InChI=1S/C15H29NO2/c1-5-8-10-17-11-9-16-13-12-14(18-7-3)15(13,4)6-2/h5,13-14,16H,1,6-12H2,2-4H3. The lowest BCUT2D eigenvalue weighted by Crippen LogP contribution is -2.62. The van der Waals surface area contributed by atoms with Crippen LogP contribution in [0.3, 0.4) is 0 Å². The average molecular weight is 255 g/mol. The van der Waals surface area contributed by atoms with Crippen LogP contribution in [0.2, 0.25) is 0 Å². The van der Waals surface area contributed by atoms with Crippen LogP contribution in [-0.4, -0.2) is 38.5 Å². The van der Waals surface area contributed by atoms with Gasteiger partial charge in [-0.2, -0.15) is 0 Å². The first-order valence-electron chi connectivity index (χ1n) is 7.22. The molecular formula is C15H29NO2. The smallest absolute Gasteiger partial charge is 0.0658 e. The summed E-state index contributed by atoms with van der Waals surface area (Å²) in [5.74, 6) is 0. The Morgan fingerprint density at radius 3 is 2.78 bits per heavy atom. The van der Waals surface area contributed by atoms with Gasteiger partial charge in [0.1, 0.15) is 0 Å². The summed E-state index contributed by atoms with van der Waals surface area (Å²) in [7, 11) is 0. The highest BCUT2D eigenvalue weighted by Gasteiger charge is 2.50. The van der Waals surface area contributed by atoms with E-state index in [1.54, 1.807) is 0 Å². The van der Waals surface area contributed by atoms with Crippen LogP contribution >= 0.6 is 0 Å². The van der Waals surface area contributed by atoms with Crippen LogP contribution in [0.15, 0.2) is 12.7 Å². The van der Waals surface area contributed by atoms with E-state index in [0.29, 0.717) is 12.1 Å². The van der Waals surface area contributed by atoms with E-state index in [4.69, 9.17) is 9.47 Å². The molecule has 3 unspecified atom stereocenters. The summed E-state index contributed by atoms with van der Waals surface area (Å²) in [6.45, 7) is 13.6. The minimum atomic E-state index is 0.289. The van der Waals surface area contributed by atoms with E-state index in [0.717, 1.165) is 45.6 Å². The first-order chi connectivity index (χ1) is 8.69. The van der Waals surface area contributed by atoms with E-state index in [2.05, 4.69) is 32.7 Å². The minimum Gasteiger partial charge on any atom is -0.380 e. The van der Waals surface area contributed by atoms with Crippen LogP contribution in [0.1, 0.15) is 40.0 Å². The van der Waals surface area contributed by atoms with Gasteiger partial charge in [0.25, 0.3) is 0 Å². The molecule has 1 saturated carbocycles. The molecule has 106 valence electrons. The molecule has 1 N–H and O–H groups in total. The summed E-state index contributed by atoms with van der Waals surface area (Å²) in [5, 5.41) is 3.60. The van der Waals surface area contributed by atoms with Gasteiger partial charge >= 0.3 is 0 Å². The monoisotopic (exact) mass is 255 g/mol. The number of rotatable bonds is 10. The van der Waals surface area contributed by atoms with E-state index in [9.17, 15) is 0 Å². The predicted molar refractivity (Wildman–Crippen MR) is 75.9 cm³/mol. The average Bonchev–Trinajstić information content (AvgIpc) is 2.39. The largest absolute Gasteiger partial charge is 0.380 e. The van der Waals surface area contributed by atoms with Crippen LogP contribution in [0.4, 0.5) is 0 Å². The van der Waals surface area contributed by atoms with Gasteiger partial charge in [0.2, 0.25) is 0 Å². The van der Waals surface area contributed by atoms with Gasteiger partial charge in [-0.3, -0.25) is 0 Å². The Morgan fingerprint density at radius 1 is 1.39 bits per heavy atom. The molecule has 0 amide bonds. The normalized spacial score (nSPS) is 31.1. The summed E-state index contributed by atoms with van der Waals surface area (Å²) < 4.78 is 11.3. The van der Waals surface area contributed by atoms with E-state index in [1.165, 1.54) is 0 Å². The van der Waals surface area contributed by atoms with E-state index >= 15 is 0 Å². The molecule has 1 aliphatic rings. The zero-order chi connectivity index (χ0) is 13.4. The van der Waals surface area contributed by atoms with Crippen LogP contribution < -0.4 is 5.32 Å². The lowest BCUT2D eigenvalue weighted by Gasteiger charge is -2.53. The Balaban J connectivity index is 2.17. The van der Waals surface area contributed by atoms with Crippen LogP contribution in [0, 0.1) is 5.41 Å². The molecule has 0 aliphatic heterocycles. The summed E-state index contributed by atoms with van der Waals surface area (Å²) in [6.07, 6.45) is 5.53. The lowest BCUT2D eigenvalue weighted by atomic mass is 9.61. The van der Waals surface area contributed by atoms with Gasteiger partial charge in [-0.05, 0) is 26.2 Å². The first-order valence-corrected chi connectivity index (χ1v) is 7.22. The molecule has 0 aromatic carbocycles. The molecule has 1 aliphatic carbocycles. The maximum Gasteiger partial charge on any atom is 0.0658 e. The summed E-state index contributed by atoms with van der Waals surface area (Å²) in [4.78, 5) is 0. The van der Waals surface area contributed by atoms with Crippen molar-refractivity contribution in [1.82, 2.24) is 5.32 Å². The van der Waals surface area contributed by atoms with Crippen molar-refractivity contribution in [2.24, 2.45) is 5.41 Å². The maximum absolute atomic E-state index is 5.79. The molecule has 0 saturated heterocycles. The molecule has 18 heavy (non-hydrogen) atoms. The summed E-state index contributed by atoms with van der Waals surface area (Å²) >= 11 is 0. The second kappa shape index (κ2) is 7.93. The molecule has 3 heteroatoms. The molecule has 3 nitrogen and oxygen atoms in total. The van der Waals surface area contributed by atoms with Crippen LogP contribution in [0.5, 0.6) is 0 Å². The zero-order valence-electron chi connectivity index (χ0n) is 12.2. The Labute approximate surface area is 112 Å². The second-order valence-electron chi connectivity index (χ2n) is 5.24. The highest BCUT2D eigenvalue weighted by molar-refractivity contribution is 5.04. The van der Waals surface area contributed by atoms with Gasteiger partial charge in [0, 0.05) is 24.6 Å². The van der Waals surface area contributed by atoms with E-state index in [-0.39, 0.29) is 5.41 Å². The Hall–Kier alpha value is -0.380. The van der Waals surface area contributed by atoms with Gasteiger partial charge in [-0.15, -0.1) is 6.58 Å². The molecule has 0 heterocycles.